The smallest absolute Gasteiger partial charge is 0.224 e. The number of nitrogens with zero attached hydrogens (tertiary/aromatic N) is 2. The van der Waals surface area contributed by atoms with Crippen molar-refractivity contribution in [3.05, 3.63) is 29.8 Å². The van der Waals surface area contributed by atoms with Crippen LogP contribution in [0.5, 0.6) is 0 Å². The van der Waals surface area contributed by atoms with E-state index in [0.717, 1.165) is 49.9 Å². The number of anilines is 1. The molecule has 0 saturated carbocycles. The molecule has 31 heavy (non-hydrogen) atoms. The lowest BCUT2D eigenvalue weighted by Crippen LogP contribution is -2.40. The monoisotopic (exact) mass is 546 g/mol. The lowest BCUT2D eigenvalue weighted by Gasteiger charge is -2.21. The van der Waals surface area contributed by atoms with Crippen LogP contribution in [0.2, 0.25) is 0 Å². The number of guanidine groups is 1. The minimum absolute atomic E-state index is 0. The second-order valence-corrected chi connectivity index (χ2v) is 8.19. The van der Waals surface area contributed by atoms with Crippen LogP contribution in [-0.2, 0) is 20.8 Å². The number of aliphatic imine (C=N–C) groups is 1. The van der Waals surface area contributed by atoms with Gasteiger partial charge in [0.1, 0.15) is 0 Å². The third kappa shape index (κ3) is 10.7. The average molecular weight is 546 g/mol. The van der Waals surface area contributed by atoms with Gasteiger partial charge in [-0.3, -0.25) is 4.79 Å². The van der Waals surface area contributed by atoms with E-state index in [1.54, 1.807) is 7.11 Å². The highest BCUT2D eigenvalue weighted by atomic mass is 127. The number of ether oxygens (including phenoxy) is 2. The maximum absolute atomic E-state index is 12.0. The van der Waals surface area contributed by atoms with Gasteiger partial charge in [0, 0.05) is 44.8 Å². The van der Waals surface area contributed by atoms with E-state index in [1.807, 2.05) is 38.1 Å². The van der Waals surface area contributed by atoms with E-state index in [2.05, 4.69) is 22.5 Å². The van der Waals surface area contributed by atoms with Crippen molar-refractivity contribution in [3.8, 4) is 0 Å². The highest BCUT2D eigenvalue weighted by Crippen LogP contribution is 2.18. The van der Waals surface area contributed by atoms with Crippen LogP contribution in [0, 0.1) is 11.8 Å². The first-order valence-electron chi connectivity index (χ1n) is 11.0. The van der Waals surface area contributed by atoms with Crippen molar-refractivity contribution in [1.29, 1.82) is 0 Å². The molecule has 1 atom stereocenters. The Bertz CT molecular complexity index is 685. The molecule has 1 amide bonds. The van der Waals surface area contributed by atoms with Crippen LogP contribution in [0.1, 0.15) is 39.2 Å². The van der Waals surface area contributed by atoms with Crippen LogP contribution >= 0.6 is 24.0 Å². The number of nitrogens with one attached hydrogen (secondary N) is 2. The predicted octanol–water partition coefficient (Wildman–Crippen LogP) is 3.74. The molecule has 1 unspecified atom stereocenters. The second-order valence-electron chi connectivity index (χ2n) is 8.19. The minimum Gasteiger partial charge on any atom is -0.382 e. The zero-order valence-electron chi connectivity index (χ0n) is 19.4. The molecule has 0 bridgehead atoms. The normalized spacial score (nSPS) is 16.4. The fraction of sp³-hybridized carbons (Fsp3) is 0.652. The van der Waals surface area contributed by atoms with E-state index in [9.17, 15) is 4.79 Å². The summed E-state index contributed by atoms with van der Waals surface area (Å²) in [6, 6.07) is 7.93. The van der Waals surface area contributed by atoms with Gasteiger partial charge in [-0.15, -0.1) is 24.0 Å². The van der Waals surface area contributed by atoms with Crippen molar-refractivity contribution in [2.24, 2.45) is 16.8 Å². The van der Waals surface area contributed by atoms with Crippen LogP contribution < -0.4 is 10.6 Å². The Kier molecular flexibility index (Phi) is 13.7. The second kappa shape index (κ2) is 15.4. The quantitative estimate of drug-likeness (QED) is 0.192. The lowest BCUT2D eigenvalue weighted by molar-refractivity contribution is -0.116. The Labute approximate surface area is 204 Å². The number of carbonyl (C=O) groups is 1. The van der Waals surface area contributed by atoms with Crippen LogP contribution in [0.25, 0.3) is 0 Å². The standard InChI is InChI=1S/C23H38N4O3.HI/c1-5-24-23(27-10-9-20(16-27)17-30-12-11-29-4)25-15-19-7-6-8-21(14-19)26-22(28)13-18(2)3;/h6-8,14,18,20H,5,9-13,15-17H2,1-4H3,(H,24,25)(H,26,28);1H. The maximum atomic E-state index is 12.0. The molecule has 0 spiro atoms. The zero-order valence-corrected chi connectivity index (χ0v) is 21.7. The number of methoxy groups -OCH3 is 1. The van der Waals surface area contributed by atoms with E-state index in [-0.39, 0.29) is 29.9 Å². The van der Waals surface area contributed by atoms with E-state index in [4.69, 9.17) is 14.5 Å². The van der Waals surface area contributed by atoms with Gasteiger partial charge < -0.3 is 25.0 Å². The van der Waals surface area contributed by atoms with Gasteiger partial charge in [-0.2, -0.15) is 0 Å². The fourth-order valence-electron chi connectivity index (χ4n) is 3.48. The first kappa shape index (κ1) is 27.6. The third-order valence-corrected chi connectivity index (χ3v) is 4.92. The Morgan fingerprint density at radius 1 is 1.32 bits per heavy atom. The van der Waals surface area contributed by atoms with Gasteiger partial charge in [-0.25, -0.2) is 4.99 Å². The van der Waals surface area contributed by atoms with Crippen molar-refractivity contribution >= 4 is 41.5 Å². The predicted molar refractivity (Wildman–Crippen MR) is 137 cm³/mol. The van der Waals surface area contributed by atoms with Crippen LogP contribution in [0.4, 0.5) is 5.69 Å². The molecule has 0 aliphatic carbocycles. The van der Waals surface area contributed by atoms with Gasteiger partial charge in [0.05, 0.1) is 26.4 Å². The first-order valence-corrected chi connectivity index (χ1v) is 11.0. The largest absolute Gasteiger partial charge is 0.382 e. The van der Waals surface area contributed by atoms with Gasteiger partial charge in [0.15, 0.2) is 5.96 Å². The molecule has 7 nitrogen and oxygen atoms in total. The van der Waals surface area contributed by atoms with Gasteiger partial charge >= 0.3 is 0 Å². The summed E-state index contributed by atoms with van der Waals surface area (Å²) in [4.78, 5) is 19.2. The summed E-state index contributed by atoms with van der Waals surface area (Å²) in [6.45, 7) is 11.5. The number of amides is 1. The summed E-state index contributed by atoms with van der Waals surface area (Å²) in [5.74, 6) is 1.85. The van der Waals surface area contributed by atoms with E-state index in [0.29, 0.717) is 38.0 Å². The molecular formula is C23H39IN4O3. The number of likely N-dealkylation sites (tertiary alicyclic amines) is 1. The van der Waals surface area contributed by atoms with E-state index >= 15 is 0 Å². The molecule has 1 aromatic rings. The van der Waals surface area contributed by atoms with Crippen molar-refractivity contribution in [2.75, 3.05) is 51.9 Å². The van der Waals surface area contributed by atoms with Gasteiger partial charge in [0.2, 0.25) is 5.91 Å². The Hall–Kier alpha value is -1.39. The molecule has 1 aliphatic rings. The van der Waals surface area contributed by atoms with Crippen LogP contribution in [-0.4, -0.2) is 63.3 Å². The van der Waals surface area contributed by atoms with Crippen molar-refractivity contribution in [2.45, 2.75) is 40.2 Å². The highest BCUT2D eigenvalue weighted by molar-refractivity contribution is 14.0. The van der Waals surface area contributed by atoms with E-state index < -0.39 is 0 Å². The zero-order chi connectivity index (χ0) is 21.8. The molecule has 1 aromatic carbocycles. The van der Waals surface area contributed by atoms with Crippen LogP contribution in [0.3, 0.4) is 0 Å². The summed E-state index contributed by atoms with van der Waals surface area (Å²) >= 11 is 0. The van der Waals surface area contributed by atoms with Crippen molar-refractivity contribution in [1.82, 2.24) is 10.2 Å². The number of halogens is 1. The molecule has 2 N–H and O–H groups in total. The van der Waals surface area contributed by atoms with Gasteiger partial charge in [-0.1, -0.05) is 26.0 Å². The number of hydrogen-bond acceptors (Lipinski definition) is 4. The number of rotatable bonds is 11. The van der Waals surface area contributed by atoms with Crippen LogP contribution in [0.15, 0.2) is 29.3 Å². The SMILES string of the molecule is CCNC(=NCc1cccc(NC(=O)CC(C)C)c1)N1CCC(COCCOC)C1.I. The summed E-state index contributed by atoms with van der Waals surface area (Å²) in [7, 11) is 1.69. The summed E-state index contributed by atoms with van der Waals surface area (Å²) in [5.41, 5.74) is 1.90. The Morgan fingerprint density at radius 3 is 2.84 bits per heavy atom. The molecular weight excluding hydrogens is 507 g/mol. The van der Waals surface area contributed by atoms with Crippen molar-refractivity contribution in [3.63, 3.8) is 0 Å². The fourth-order valence-corrected chi connectivity index (χ4v) is 3.48. The van der Waals surface area contributed by atoms with E-state index in [1.165, 1.54) is 0 Å². The Morgan fingerprint density at radius 2 is 2.13 bits per heavy atom. The van der Waals surface area contributed by atoms with Gasteiger partial charge in [0.25, 0.3) is 0 Å². The average Bonchev–Trinajstić information content (AvgIpc) is 3.17. The van der Waals surface area contributed by atoms with Gasteiger partial charge in [-0.05, 0) is 37.0 Å². The molecule has 176 valence electrons. The van der Waals surface area contributed by atoms with Crippen molar-refractivity contribution < 1.29 is 14.3 Å². The molecule has 8 heteroatoms. The molecule has 1 fully saturated rings. The molecule has 1 saturated heterocycles. The highest BCUT2D eigenvalue weighted by Gasteiger charge is 2.24. The molecule has 0 radical (unpaired) electrons. The topological polar surface area (TPSA) is 75.2 Å². The number of benzene rings is 1. The Balaban J connectivity index is 0.00000480. The molecule has 0 aromatic heterocycles. The maximum Gasteiger partial charge on any atom is 0.224 e. The third-order valence-electron chi connectivity index (χ3n) is 4.92. The molecule has 1 aliphatic heterocycles. The first-order chi connectivity index (χ1) is 14.5. The minimum atomic E-state index is 0. The summed E-state index contributed by atoms with van der Waals surface area (Å²) in [6.07, 6.45) is 1.63. The summed E-state index contributed by atoms with van der Waals surface area (Å²) in [5, 5.41) is 6.39. The molecule has 1 heterocycles. The lowest BCUT2D eigenvalue weighted by atomic mass is 10.1. The summed E-state index contributed by atoms with van der Waals surface area (Å²) < 4.78 is 10.7. The number of hydrogen-bond donors (Lipinski definition) is 2. The molecule has 2 rings (SSSR count). The number of carbonyl (C=O) groups excluding carboxylic acids is 1.